The third-order valence-electron chi connectivity index (χ3n) is 4.29. The van der Waals surface area contributed by atoms with Crippen molar-refractivity contribution in [2.45, 2.75) is 19.3 Å². The zero-order valence-electron chi connectivity index (χ0n) is 15.0. The topological polar surface area (TPSA) is 41.5 Å². The Morgan fingerprint density at radius 2 is 1.86 bits per heavy atom. The van der Waals surface area contributed by atoms with Gasteiger partial charge in [-0.3, -0.25) is 0 Å². The van der Waals surface area contributed by atoms with E-state index >= 15 is 0 Å². The van der Waals surface area contributed by atoms with E-state index in [-0.39, 0.29) is 6.61 Å². The van der Waals surface area contributed by atoms with Crippen LogP contribution >= 0.6 is 27.5 Å². The third-order valence-corrected chi connectivity index (χ3v) is 5.14. The van der Waals surface area contributed by atoms with Crippen molar-refractivity contribution >= 4 is 27.5 Å². The maximum Gasteiger partial charge on any atom is 0.131 e. The Morgan fingerprint density at radius 3 is 2.61 bits per heavy atom. The number of aliphatic hydroxyl groups is 1. The van der Waals surface area contributed by atoms with Crippen LogP contribution in [0.3, 0.4) is 0 Å². The first-order valence-corrected chi connectivity index (χ1v) is 9.99. The largest absolute Gasteiger partial charge is 0.488 e. The summed E-state index contributed by atoms with van der Waals surface area (Å²) >= 11 is 9.53. The summed E-state index contributed by atoms with van der Waals surface area (Å²) in [5, 5.41) is 13.8. The van der Waals surface area contributed by atoms with Crippen molar-refractivity contribution in [3.8, 4) is 5.75 Å². The molecular weight excluding hydrogens is 445 g/mol. The molecule has 2 N–H and O–H groups in total. The second kappa shape index (κ2) is 10.0. The second-order valence-corrected chi connectivity index (χ2v) is 7.62. The van der Waals surface area contributed by atoms with Crippen molar-refractivity contribution in [3.63, 3.8) is 0 Å². The summed E-state index contributed by atoms with van der Waals surface area (Å²) in [6, 6.07) is 19.7. The molecule has 0 aliphatic heterocycles. The molecule has 0 bridgehead atoms. The lowest BCUT2D eigenvalue weighted by Crippen LogP contribution is -2.21. The average molecular weight is 465 g/mol. The fraction of sp³-hybridized carbons (Fsp3) is 0.182. The summed E-state index contributed by atoms with van der Waals surface area (Å²) in [7, 11) is 0. The minimum Gasteiger partial charge on any atom is -0.488 e. The molecule has 0 spiro atoms. The summed E-state index contributed by atoms with van der Waals surface area (Å²) in [5.74, 6) is 0.236. The molecule has 0 aromatic heterocycles. The average Bonchev–Trinajstić information content (AvgIpc) is 2.69. The molecule has 0 aliphatic rings. The Bertz CT molecular complexity index is 903. The highest BCUT2D eigenvalue weighted by Gasteiger charge is 2.11. The predicted molar refractivity (Wildman–Crippen MR) is 113 cm³/mol. The number of aliphatic hydroxyl groups excluding tert-OH is 1. The molecule has 0 amide bonds. The number of ether oxygens (including phenoxy) is 1. The first-order chi connectivity index (χ1) is 13.5. The molecule has 0 heterocycles. The molecule has 1 atom stereocenters. The van der Waals surface area contributed by atoms with Crippen LogP contribution in [0.5, 0.6) is 5.75 Å². The van der Waals surface area contributed by atoms with Crippen molar-refractivity contribution in [1.82, 2.24) is 5.32 Å². The van der Waals surface area contributed by atoms with E-state index in [1.54, 1.807) is 12.1 Å². The van der Waals surface area contributed by atoms with Gasteiger partial charge in [-0.2, -0.15) is 0 Å². The number of halogens is 3. The highest BCUT2D eigenvalue weighted by molar-refractivity contribution is 9.10. The first kappa shape index (κ1) is 20.8. The van der Waals surface area contributed by atoms with Crippen molar-refractivity contribution in [2.24, 2.45) is 0 Å². The van der Waals surface area contributed by atoms with Crippen LogP contribution in [-0.2, 0) is 13.2 Å². The van der Waals surface area contributed by atoms with Gasteiger partial charge in [-0.05, 0) is 35.9 Å². The van der Waals surface area contributed by atoms with E-state index in [9.17, 15) is 9.50 Å². The molecular formula is C22H20BrClFNO2. The zero-order valence-corrected chi connectivity index (χ0v) is 17.4. The summed E-state index contributed by atoms with van der Waals surface area (Å²) in [4.78, 5) is 0. The van der Waals surface area contributed by atoms with Crippen molar-refractivity contribution < 1.29 is 14.2 Å². The lowest BCUT2D eigenvalue weighted by atomic mass is 10.1. The molecule has 0 aliphatic carbocycles. The molecule has 6 heteroatoms. The van der Waals surface area contributed by atoms with Gasteiger partial charge in [-0.25, -0.2) is 4.39 Å². The van der Waals surface area contributed by atoms with E-state index in [2.05, 4.69) is 21.2 Å². The molecule has 3 aromatic rings. The molecule has 0 fully saturated rings. The highest BCUT2D eigenvalue weighted by Crippen LogP contribution is 2.26. The van der Waals surface area contributed by atoms with Gasteiger partial charge in [0, 0.05) is 28.7 Å². The number of hydrogen-bond donors (Lipinski definition) is 2. The van der Waals surface area contributed by atoms with Crippen LogP contribution in [0.25, 0.3) is 0 Å². The van der Waals surface area contributed by atoms with Gasteiger partial charge in [0.1, 0.15) is 18.2 Å². The Kier molecular flexibility index (Phi) is 7.45. The molecule has 3 nitrogen and oxygen atoms in total. The Hall–Kier alpha value is -1.92. The van der Waals surface area contributed by atoms with Crippen LogP contribution in [0.1, 0.15) is 22.8 Å². The van der Waals surface area contributed by atoms with Gasteiger partial charge in [0.2, 0.25) is 0 Å². The van der Waals surface area contributed by atoms with E-state index in [0.29, 0.717) is 29.4 Å². The van der Waals surface area contributed by atoms with Gasteiger partial charge >= 0.3 is 0 Å². The van der Waals surface area contributed by atoms with Crippen LogP contribution < -0.4 is 10.1 Å². The number of benzene rings is 3. The van der Waals surface area contributed by atoms with Crippen molar-refractivity contribution in [1.29, 1.82) is 0 Å². The van der Waals surface area contributed by atoms with Gasteiger partial charge in [0.25, 0.3) is 0 Å². The van der Waals surface area contributed by atoms with Crippen LogP contribution in [0.15, 0.2) is 71.2 Å². The molecule has 3 rings (SSSR count). The highest BCUT2D eigenvalue weighted by atomic mass is 79.9. The molecule has 28 heavy (non-hydrogen) atoms. The maximum atomic E-state index is 14.0. The second-order valence-electron chi connectivity index (χ2n) is 6.30. The van der Waals surface area contributed by atoms with E-state index < -0.39 is 11.9 Å². The quantitative estimate of drug-likeness (QED) is 0.453. The number of rotatable bonds is 8. The van der Waals surface area contributed by atoms with Crippen molar-refractivity contribution in [2.75, 3.05) is 6.54 Å². The molecule has 0 saturated heterocycles. The third kappa shape index (κ3) is 5.55. The summed E-state index contributed by atoms with van der Waals surface area (Å²) in [6.07, 6.45) is -0.602. The minimum absolute atomic E-state index is 0.0345. The molecule has 0 radical (unpaired) electrons. The lowest BCUT2D eigenvalue weighted by molar-refractivity contribution is 0.174. The summed E-state index contributed by atoms with van der Waals surface area (Å²) in [5.41, 5.74) is 2.07. The predicted octanol–water partition coefficient (Wildman–Crippen LogP) is 5.64. The Balaban J connectivity index is 1.64. The molecule has 3 aromatic carbocycles. The van der Waals surface area contributed by atoms with Gasteiger partial charge in [0.15, 0.2) is 0 Å². The van der Waals surface area contributed by atoms with Crippen LogP contribution in [-0.4, -0.2) is 11.7 Å². The van der Waals surface area contributed by atoms with Gasteiger partial charge in [-0.15, -0.1) is 0 Å². The van der Waals surface area contributed by atoms with Gasteiger partial charge < -0.3 is 15.2 Å². The number of nitrogens with one attached hydrogen (secondary N) is 1. The standard InChI is InChI=1S/C22H20BrClFNO2/c23-17-9-10-22(28-14-18-19(24)7-4-8-20(18)25)16(11-17)12-26-13-21(27)15-5-2-1-3-6-15/h1-11,21,26-27H,12-14H2. The summed E-state index contributed by atoms with van der Waals surface area (Å²) in [6.45, 7) is 0.922. The molecule has 0 saturated carbocycles. The smallest absolute Gasteiger partial charge is 0.131 e. The van der Waals surface area contributed by atoms with Crippen molar-refractivity contribution in [3.05, 3.63) is 98.7 Å². The molecule has 1 unspecified atom stereocenters. The van der Waals surface area contributed by atoms with Crippen LogP contribution in [0.4, 0.5) is 4.39 Å². The van der Waals surface area contributed by atoms with Gasteiger partial charge in [0.05, 0.1) is 11.1 Å². The summed E-state index contributed by atoms with van der Waals surface area (Å²) < 4.78 is 20.7. The SMILES string of the molecule is OC(CNCc1cc(Br)ccc1OCc1c(F)cccc1Cl)c1ccccc1. The van der Waals surface area contributed by atoms with Crippen LogP contribution in [0.2, 0.25) is 5.02 Å². The van der Waals surface area contributed by atoms with E-state index in [0.717, 1.165) is 15.6 Å². The minimum atomic E-state index is -0.602. The molecule has 146 valence electrons. The fourth-order valence-electron chi connectivity index (χ4n) is 2.78. The van der Waals surface area contributed by atoms with Crippen LogP contribution in [0, 0.1) is 5.82 Å². The Morgan fingerprint density at radius 1 is 1.07 bits per heavy atom. The lowest BCUT2D eigenvalue weighted by Gasteiger charge is -2.16. The normalized spacial score (nSPS) is 12.0. The first-order valence-electron chi connectivity index (χ1n) is 8.82. The monoisotopic (exact) mass is 463 g/mol. The maximum absolute atomic E-state index is 14.0. The zero-order chi connectivity index (χ0) is 19.9. The van der Waals surface area contributed by atoms with E-state index in [4.69, 9.17) is 16.3 Å². The van der Waals surface area contributed by atoms with Gasteiger partial charge in [-0.1, -0.05) is 63.9 Å². The Labute approximate surface area is 177 Å². The van der Waals surface area contributed by atoms with E-state index in [1.807, 2.05) is 48.5 Å². The number of hydrogen-bond acceptors (Lipinski definition) is 3. The van der Waals surface area contributed by atoms with E-state index in [1.165, 1.54) is 6.07 Å². The fourth-order valence-corrected chi connectivity index (χ4v) is 3.41.